The second kappa shape index (κ2) is 10.8. The van der Waals surface area contributed by atoms with Crippen molar-refractivity contribution in [3.8, 4) is 5.75 Å². The number of guanidine groups is 1. The van der Waals surface area contributed by atoms with Crippen molar-refractivity contribution < 1.29 is 9.47 Å². The van der Waals surface area contributed by atoms with Gasteiger partial charge in [-0.05, 0) is 17.2 Å². The number of rotatable bonds is 7. The summed E-state index contributed by atoms with van der Waals surface area (Å²) >= 11 is 0. The average molecular weight is 397 g/mol. The summed E-state index contributed by atoms with van der Waals surface area (Å²) in [5, 5.41) is 3.45. The fourth-order valence-corrected chi connectivity index (χ4v) is 3.51. The number of methoxy groups -OCH3 is 1. The molecule has 3 rings (SSSR count). The van der Waals surface area contributed by atoms with Crippen molar-refractivity contribution in [1.82, 2.24) is 15.1 Å². The largest absolute Gasteiger partial charge is 0.496 e. The fraction of sp³-hybridized carbons (Fsp3) is 0.435. The molecule has 1 N–H and O–H groups in total. The highest BCUT2D eigenvalue weighted by Gasteiger charge is 2.11. The molecule has 1 aliphatic heterocycles. The van der Waals surface area contributed by atoms with Gasteiger partial charge in [0.2, 0.25) is 0 Å². The number of morpholine rings is 1. The van der Waals surface area contributed by atoms with Crippen molar-refractivity contribution in [3.63, 3.8) is 0 Å². The molecule has 6 nitrogen and oxygen atoms in total. The lowest BCUT2D eigenvalue weighted by atomic mass is 10.1. The van der Waals surface area contributed by atoms with Crippen molar-refractivity contribution in [2.24, 2.45) is 4.99 Å². The van der Waals surface area contributed by atoms with E-state index < -0.39 is 0 Å². The van der Waals surface area contributed by atoms with E-state index in [1.807, 2.05) is 32.3 Å². The predicted octanol–water partition coefficient (Wildman–Crippen LogP) is 2.73. The molecule has 0 aliphatic carbocycles. The van der Waals surface area contributed by atoms with Crippen LogP contribution in [0.15, 0.2) is 53.5 Å². The lowest BCUT2D eigenvalue weighted by Crippen LogP contribution is -2.38. The van der Waals surface area contributed by atoms with Crippen LogP contribution >= 0.6 is 0 Å². The van der Waals surface area contributed by atoms with Crippen molar-refractivity contribution in [2.45, 2.75) is 19.6 Å². The van der Waals surface area contributed by atoms with Gasteiger partial charge in [0.1, 0.15) is 5.75 Å². The minimum absolute atomic E-state index is 0.724. The Labute approximate surface area is 174 Å². The topological polar surface area (TPSA) is 49.3 Å². The van der Waals surface area contributed by atoms with E-state index in [1.54, 1.807) is 7.11 Å². The maximum atomic E-state index is 5.46. The number of benzene rings is 2. The quantitative estimate of drug-likeness (QED) is 0.576. The summed E-state index contributed by atoms with van der Waals surface area (Å²) in [7, 11) is 5.55. The number of nitrogens with zero attached hydrogens (tertiary/aromatic N) is 3. The second-order valence-electron chi connectivity index (χ2n) is 7.27. The SMILES string of the molecule is CN=C(NCc1ccc(CN2CCOCC2)cc1)N(C)Cc1ccccc1OC. The van der Waals surface area contributed by atoms with Gasteiger partial charge in [-0.25, -0.2) is 0 Å². The molecular formula is C23H32N4O2. The highest BCUT2D eigenvalue weighted by Crippen LogP contribution is 2.18. The van der Waals surface area contributed by atoms with E-state index in [9.17, 15) is 0 Å². The van der Waals surface area contributed by atoms with Gasteiger partial charge in [0, 0.05) is 52.4 Å². The summed E-state index contributed by atoms with van der Waals surface area (Å²) < 4.78 is 10.9. The smallest absolute Gasteiger partial charge is 0.193 e. The maximum Gasteiger partial charge on any atom is 0.193 e. The minimum atomic E-state index is 0.724. The maximum absolute atomic E-state index is 5.46. The molecule has 0 saturated carbocycles. The van der Waals surface area contributed by atoms with Crippen LogP contribution in [-0.2, 0) is 24.4 Å². The molecule has 0 amide bonds. The molecule has 0 bridgehead atoms. The molecule has 0 spiro atoms. The Kier molecular flexibility index (Phi) is 7.90. The zero-order valence-electron chi connectivity index (χ0n) is 17.7. The van der Waals surface area contributed by atoms with Gasteiger partial charge in [0.05, 0.1) is 20.3 Å². The van der Waals surface area contributed by atoms with Crippen molar-refractivity contribution in [3.05, 3.63) is 65.2 Å². The normalized spacial score (nSPS) is 15.2. The molecule has 156 valence electrons. The van der Waals surface area contributed by atoms with Gasteiger partial charge in [-0.2, -0.15) is 0 Å². The second-order valence-corrected chi connectivity index (χ2v) is 7.27. The molecule has 0 atom stereocenters. The number of ether oxygens (including phenoxy) is 2. The van der Waals surface area contributed by atoms with E-state index in [1.165, 1.54) is 11.1 Å². The summed E-state index contributed by atoms with van der Waals surface area (Å²) in [4.78, 5) is 8.96. The van der Waals surface area contributed by atoms with Crippen LogP contribution in [0.2, 0.25) is 0 Å². The molecule has 1 aliphatic rings. The van der Waals surface area contributed by atoms with Crippen LogP contribution < -0.4 is 10.1 Å². The van der Waals surface area contributed by atoms with Crippen LogP contribution in [0, 0.1) is 0 Å². The Bertz CT molecular complexity index is 786. The van der Waals surface area contributed by atoms with Crippen LogP contribution in [0.4, 0.5) is 0 Å². The Hall–Kier alpha value is -2.57. The third kappa shape index (κ3) is 6.21. The van der Waals surface area contributed by atoms with Gasteiger partial charge in [0.25, 0.3) is 0 Å². The first-order chi connectivity index (χ1) is 14.2. The van der Waals surface area contributed by atoms with E-state index in [-0.39, 0.29) is 0 Å². The van der Waals surface area contributed by atoms with Crippen molar-refractivity contribution >= 4 is 5.96 Å². The molecule has 29 heavy (non-hydrogen) atoms. The van der Waals surface area contributed by atoms with Crippen molar-refractivity contribution in [2.75, 3.05) is 47.5 Å². The Morgan fingerprint density at radius 2 is 1.79 bits per heavy atom. The third-order valence-electron chi connectivity index (χ3n) is 5.16. The number of hydrogen-bond donors (Lipinski definition) is 1. The molecule has 1 heterocycles. The average Bonchev–Trinajstić information content (AvgIpc) is 2.76. The molecule has 0 unspecified atom stereocenters. The highest BCUT2D eigenvalue weighted by molar-refractivity contribution is 5.79. The summed E-state index contributed by atoms with van der Waals surface area (Å²) in [6.45, 7) is 6.15. The summed E-state index contributed by atoms with van der Waals surface area (Å²) in [5.74, 6) is 1.75. The number of para-hydroxylation sites is 1. The zero-order valence-corrected chi connectivity index (χ0v) is 17.7. The van der Waals surface area contributed by atoms with Crippen LogP contribution in [0.5, 0.6) is 5.75 Å². The van der Waals surface area contributed by atoms with Gasteiger partial charge in [-0.3, -0.25) is 9.89 Å². The van der Waals surface area contributed by atoms with Gasteiger partial charge in [-0.1, -0.05) is 42.5 Å². The van der Waals surface area contributed by atoms with Gasteiger partial charge < -0.3 is 19.7 Å². The van der Waals surface area contributed by atoms with Crippen LogP contribution in [0.1, 0.15) is 16.7 Å². The first-order valence-corrected chi connectivity index (χ1v) is 10.1. The monoisotopic (exact) mass is 396 g/mol. The lowest BCUT2D eigenvalue weighted by molar-refractivity contribution is 0.0342. The van der Waals surface area contributed by atoms with Crippen LogP contribution in [-0.4, -0.2) is 63.3 Å². The summed E-state index contributed by atoms with van der Waals surface area (Å²) in [6, 6.07) is 16.9. The number of nitrogens with one attached hydrogen (secondary N) is 1. The van der Waals surface area contributed by atoms with Gasteiger partial charge in [-0.15, -0.1) is 0 Å². The first kappa shape index (κ1) is 21.1. The van der Waals surface area contributed by atoms with E-state index in [2.05, 4.69) is 50.4 Å². The molecule has 1 saturated heterocycles. The van der Waals surface area contributed by atoms with E-state index in [4.69, 9.17) is 9.47 Å². The van der Waals surface area contributed by atoms with E-state index in [0.29, 0.717) is 0 Å². The molecule has 2 aromatic rings. The van der Waals surface area contributed by atoms with Gasteiger partial charge >= 0.3 is 0 Å². The molecule has 0 radical (unpaired) electrons. The third-order valence-corrected chi connectivity index (χ3v) is 5.16. The number of aliphatic imine (C=N–C) groups is 1. The van der Waals surface area contributed by atoms with Crippen LogP contribution in [0.25, 0.3) is 0 Å². The molecule has 2 aromatic carbocycles. The van der Waals surface area contributed by atoms with Gasteiger partial charge in [0.15, 0.2) is 5.96 Å². The summed E-state index contributed by atoms with van der Waals surface area (Å²) in [6.07, 6.45) is 0. The minimum Gasteiger partial charge on any atom is -0.496 e. The fourth-order valence-electron chi connectivity index (χ4n) is 3.51. The molecular weight excluding hydrogens is 364 g/mol. The van der Waals surface area contributed by atoms with E-state index >= 15 is 0 Å². The first-order valence-electron chi connectivity index (χ1n) is 10.1. The Balaban J connectivity index is 1.52. The van der Waals surface area contributed by atoms with E-state index in [0.717, 1.165) is 63.2 Å². The lowest BCUT2D eigenvalue weighted by Gasteiger charge is -2.26. The highest BCUT2D eigenvalue weighted by atomic mass is 16.5. The molecule has 6 heteroatoms. The summed E-state index contributed by atoms with van der Waals surface area (Å²) in [5.41, 5.74) is 3.71. The molecule has 1 fully saturated rings. The van der Waals surface area contributed by atoms with Crippen LogP contribution in [0.3, 0.4) is 0 Å². The Morgan fingerprint density at radius 3 is 2.48 bits per heavy atom. The Morgan fingerprint density at radius 1 is 1.10 bits per heavy atom. The molecule has 0 aromatic heterocycles. The van der Waals surface area contributed by atoms with Crippen molar-refractivity contribution in [1.29, 1.82) is 0 Å². The predicted molar refractivity (Wildman–Crippen MR) is 117 cm³/mol. The number of hydrogen-bond acceptors (Lipinski definition) is 4. The zero-order chi connectivity index (χ0) is 20.5. The standard InChI is InChI=1S/C23H32N4O2/c1-24-23(26(2)18-21-6-4-5-7-22(21)28-3)25-16-19-8-10-20(11-9-19)17-27-12-14-29-15-13-27/h4-11H,12-18H2,1-3H3,(H,24,25).